The van der Waals surface area contributed by atoms with Gasteiger partial charge in [-0.15, -0.1) is 0 Å². The van der Waals surface area contributed by atoms with Crippen molar-refractivity contribution in [1.82, 2.24) is 10.3 Å². The van der Waals surface area contributed by atoms with Crippen LogP contribution < -0.4 is 10.9 Å². The average molecular weight is 331 g/mol. The number of hydrogen-bond acceptors (Lipinski definition) is 3. The van der Waals surface area contributed by atoms with Gasteiger partial charge in [0, 0.05) is 29.2 Å². The third kappa shape index (κ3) is 3.19. The fourth-order valence-electron chi connectivity index (χ4n) is 2.66. The number of nitrogens with one attached hydrogen (secondary N) is 2. The molecular weight excluding hydrogens is 316 g/mol. The fourth-order valence-corrected chi connectivity index (χ4v) is 2.86. The first kappa shape index (κ1) is 15.5. The number of ketones is 1. The van der Waals surface area contributed by atoms with E-state index in [1.807, 2.05) is 6.07 Å². The van der Waals surface area contributed by atoms with Gasteiger partial charge >= 0.3 is 0 Å². The summed E-state index contributed by atoms with van der Waals surface area (Å²) in [5.41, 5.74) is 1.29. The second-order valence-electron chi connectivity index (χ2n) is 5.46. The molecule has 0 saturated heterocycles. The molecule has 1 aliphatic carbocycles. The van der Waals surface area contributed by atoms with Crippen molar-refractivity contribution in [3.05, 3.63) is 68.1 Å². The molecule has 0 aliphatic heterocycles. The molecule has 1 amide bonds. The largest absolute Gasteiger partial charge is 0.348 e. The maximum atomic E-state index is 12.3. The second-order valence-corrected chi connectivity index (χ2v) is 5.86. The normalized spacial score (nSPS) is 13.5. The maximum Gasteiger partial charge on any atom is 0.261 e. The monoisotopic (exact) mass is 330 g/mol. The van der Waals surface area contributed by atoms with Crippen LogP contribution in [0, 0.1) is 0 Å². The number of H-pyrrole nitrogens is 1. The van der Waals surface area contributed by atoms with E-state index in [4.69, 9.17) is 11.6 Å². The van der Waals surface area contributed by atoms with Crippen LogP contribution in [0.3, 0.4) is 0 Å². The lowest BCUT2D eigenvalue weighted by molar-refractivity contribution is 0.0949. The van der Waals surface area contributed by atoms with Crippen LogP contribution in [0.25, 0.3) is 0 Å². The first-order chi connectivity index (χ1) is 11.1. The Balaban J connectivity index is 1.83. The van der Waals surface area contributed by atoms with Crippen LogP contribution in [0.1, 0.15) is 44.8 Å². The lowest BCUT2D eigenvalue weighted by atomic mass is 9.93. The number of benzene rings is 1. The summed E-state index contributed by atoms with van der Waals surface area (Å²) < 4.78 is 0. The molecule has 23 heavy (non-hydrogen) atoms. The van der Waals surface area contributed by atoms with Crippen molar-refractivity contribution in [2.45, 2.75) is 25.8 Å². The smallest absolute Gasteiger partial charge is 0.261 e. The predicted molar refractivity (Wildman–Crippen MR) is 87.0 cm³/mol. The third-order valence-corrected chi connectivity index (χ3v) is 4.26. The zero-order valence-corrected chi connectivity index (χ0v) is 13.1. The average Bonchev–Trinajstić information content (AvgIpc) is 2.53. The Kier molecular flexibility index (Phi) is 4.30. The Bertz CT molecular complexity index is 842. The van der Waals surface area contributed by atoms with Crippen LogP contribution in [-0.4, -0.2) is 16.7 Å². The van der Waals surface area contributed by atoms with E-state index in [2.05, 4.69) is 10.3 Å². The minimum atomic E-state index is -0.521. The Hall–Kier alpha value is -2.40. The van der Waals surface area contributed by atoms with Crippen molar-refractivity contribution >= 4 is 23.3 Å². The topological polar surface area (TPSA) is 79.0 Å². The van der Waals surface area contributed by atoms with Crippen molar-refractivity contribution < 1.29 is 9.59 Å². The number of hydrogen-bond donors (Lipinski definition) is 2. The zero-order chi connectivity index (χ0) is 16.4. The molecule has 1 heterocycles. The van der Waals surface area contributed by atoms with Crippen LogP contribution in [-0.2, 0) is 13.0 Å². The lowest BCUT2D eigenvalue weighted by Gasteiger charge is -2.15. The number of carbonyl (C=O) groups excluding carboxylic acids is 2. The molecule has 0 atom stereocenters. The number of fused-ring (bicyclic) bond motifs is 1. The van der Waals surface area contributed by atoms with Gasteiger partial charge in [-0.2, -0.15) is 0 Å². The van der Waals surface area contributed by atoms with Crippen molar-refractivity contribution in [3.8, 4) is 0 Å². The van der Waals surface area contributed by atoms with Crippen LogP contribution in [0.2, 0.25) is 5.02 Å². The van der Waals surface area contributed by atoms with E-state index in [1.165, 1.54) is 6.07 Å². The van der Waals surface area contributed by atoms with Gasteiger partial charge in [-0.25, -0.2) is 0 Å². The van der Waals surface area contributed by atoms with E-state index >= 15 is 0 Å². The summed E-state index contributed by atoms with van der Waals surface area (Å²) in [4.78, 5) is 38.9. The van der Waals surface area contributed by atoms with Gasteiger partial charge in [0.1, 0.15) is 5.56 Å². The number of aromatic nitrogens is 1. The van der Waals surface area contributed by atoms with Crippen LogP contribution in [0.15, 0.2) is 35.1 Å². The standard InChI is InChI=1S/C17H15ClN2O3/c18-13-5-2-1-4-10(13)9-19-16(22)12-8-11-14(20-17(12)23)6-3-7-15(11)21/h1-2,4-5,8H,3,6-7,9H2,(H,19,22)(H,20,23). The van der Waals surface area contributed by atoms with Crippen molar-refractivity contribution in [3.63, 3.8) is 0 Å². The molecule has 6 heteroatoms. The molecule has 0 spiro atoms. The first-order valence-corrected chi connectivity index (χ1v) is 7.75. The molecule has 0 bridgehead atoms. The number of pyridine rings is 1. The van der Waals surface area contributed by atoms with Gasteiger partial charge in [-0.3, -0.25) is 14.4 Å². The van der Waals surface area contributed by atoms with E-state index in [9.17, 15) is 14.4 Å². The highest BCUT2D eigenvalue weighted by Gasteiger charge is 2.21. The predicted octanol–water partition coefficient (Wildman–Crippen LogP) is 2.48. The van der Waals surface area contributed by atoms with E-state index in [0.29, 0.717) is 29.1 Å². The van der Waals surface area contributed by atoms with Crippen molar-refractivity contribution in [1.29, 1.82) is 0 Å². The molecule has 5 nitrogen and oxygen atoms in total. The Morgan fingerprint density at radius 2 is 2.00 bits per heavy atom. The summed E-state index contributed by atoms with van der Waals surface area (Å²) >= 11 is 6.04. The van der Waals surface area contributed by atoms with Gasteiger partial charge in [-0.1, -0.05) is 29.8 Å². The number of aromatic amines is 1. The minimum Gasteiger partial charge on any atom is -0.348 e. The Morgan fingerprint density at radius 1 is 1.22 bits per heavy atom. The number of amides is 1. The SMILES string of the molecule is O=C1CCCc2[nH]c(=O)c(C(=O)NCc3ccccc3Cl)cc21. The molecule has 2 aromatic rings. The Morgan fingerprint density at radius 3 is 2.78 bits per heavy atom. The molecule has 0 fully saturated rings. The van der Waals surface area contributed by atoms with Gasteiger partial charge in [0.15, 0.2) is 5.78 Å². The molecule has 0 saturated carbocycles. The van der Waals surface area contributed by atoms with Gasteiger partial charge in [0.05, 0.1) is 0 Å². The van der Waals surface area contributed by atoms with Gasteiger partial charge in [0.25, 0.3) is 11.5 Å². The highest BCUT2D eigenvalue weighted by atomic mass is 35.5. The van der Waals surface area contributed by atoms with Crippen molar-refractivity contribution in [2.75, 3.05) is 0 Å². The number of carbonyl (C=O) groups is 2. The summed E-state index contributed by atoms with van der Waals surface area (Å²) in [5.74, 6) is -0.560. The summed E-state index contributed by atoms with van der Waals surface area (Å²) in [5, 5.41) is 3.21. The molecule has 0 radical (unpaired) electrons. The zero-order valence-electron chi connectivity index (χ0n) is 12.3. The van der Waals surface area contributed by atoms with Crippen LogP contribution in [0.4, 0.5) is 0 Å². The summed E-state index contributed by atoms with van der Waals surface area (Å²) in [6, 6.07) is 8.54. The van der Waals surface area contributed by atoms with E-state index in [-0.39, 0.29) is 17.9 Å². The highest BCUT2D eigenvalue weighted by molar-refractivity contribution is 6.31. The number of halogens is 1. The molecular formula is C17H15ClN2O3. The summed E-state index contributed by atoms with van der Waals surface area (Å²) in [6.45, 7) is 0.211. The first-order valence-electron chi connectivity index (χ1n) is 7.37. The van der Waals surface area contributed by atoms with Gasteiger partial charge in [0.2, 0.25) is 0 Å². The summed E-state index contributed by atoms with van der Waals surface area (Å²) in [7, 11) is 0. The molecule has 2 N–H and O–H groups in total. The number of rotatable bonds is 3. The minimum absolute atomic E-state index is 0.0392. The quantitative estimate of drug-likeness (QED) is 0.907. The fraction of sp³-hybridized carbons (Fsp3) is 0.235. The van der Waals surface area contributed by atoms with E-state index < -0.39 is 11.5 Å². The van der Waals surface area contributed by atoms with E-state index in [0.717, 1.165) is 12.0 Å². The van der Waals surface area contributed by atoms with Crippen LogP contribution >= 0.6 is 11.6 Å². The number of Topliss-reactive ketones (excluding diaryl/α,β-unsaturated/α-hetero) is 1. The summed E-state index contributed by atoms with van der Waals surface area (Å²) in [6.07, 6.45) is 1.82. The maximum absolute atomic E-state index is 12.3. The van der Waals surface area contributed by atoms with Gasteiger partial charge < -0.3 is 10.3 Å². The molecule has 118 valence electrons. The molecule has 0 unspecified atom stereocenters. The van der Waals surface area contributed by atoms with Crippen LogP contribution in [0.5, 0.6) is 0 Å². The third-order valence-electron chi connectivity index (χ3n) is 3.90. The molecule has 1 aromatic heterocycles. The van der Waals surface area contributed by atoms with Crippen molar-refractivity contribution in [2.24, 2.45) is 0 Å². The second kappa shape index (κ2) is 6.38. The Labute approximate surface area is 137 Å². The highest BCUT2D eigenvalue weighted by Crippen LogP contribution is 2.19. The number of aryl methyl sites for hydroxylation is 1. The lowest BCUT2D eigenvalue weighted by Crippen LogP contribution is -2.31. The van der Waals surface area contributed by atoms with E-state index in [1.54, 1.807) is 18.2 Å². The molecule has 3 rings (SSSR count). The van der Waals surface area contributed by atoms with Gasteiger partial charge in [-0.05, 0) is 30.5 Å². The molecule has 1 aromatic carbocycles. The molecule has 1 aliphatic rings.